The van der Waals surface area contributed by atoms with E-state index in [0.717, 1.165) is 12.2 Å². The maximum Gasteiger partial charge on any atom is 0.223 e. The molecule has 1 heterocycles. The average molecular weight is 395 g/mol. The number of rotatable bonds is 9. The molecule has 1 aromatic carbocycles. The van der Waals surface area contributed by atoms with Crippen LogP contribution in [0.15, 0.2) is 36.5 Å². The minimum absolute atomic E-state index is 0.114. The molecule has 0 atom stereocenters. The zero-order chi connectivity index (χ0) is 18.4. The Morgan fingerprint density at radius 2 is 2.04 bits per heavy atom. The SMILES string of the molecule is O=C(CCOc1cccc(Cl)c1Cl)NCc1ccc(OCC2CC2)nc1. The monoisotopic (exact) mass is 394 g/mol. The highest BCUT2D eigenvalue weighted by Gasteiger charge is 2.22. The van der Waals surface area contributed by atoms with Crippen molar-refractivity contribution < 1.29 is 14.3 Å². The molecule has 2 aromatic rings. The molecule has 1 aromatic heterocycles. The number of pyridine rings is 1. The van der Waals surface area contributed by atoms with Gasteiger partial charge in [0.1, 0.15) is 10.8 Å². The lowest BCUT2D eigenvalue weighted by molar-refractivity contribution is -0.121. The molecule has 0 radical (unpaired) electrons. The molecule has 0 saturated heterocycles. The van der Waals surface area contributed by atoms with Gasteiger partial charge in [-0.15, -0.1) is 0 Å². The smallest absolute Gasteiger partial charge is 0.223 e. The van der Waals surface area contributed by atoms with Gasteiger partial charge in [0.25, 0.3) is 0 Å². The van der Waals surface area contributed by atoms with E-state index in [-0.39, 0.29) is 18.9 Å². The van der Waals surface area contributed by atoms with Crippen molar-refractivity contribution in [2.45, 2.75) is 25.8 Å². The number of hydrogen-bond acceptors (Lipinski definition) is 4. The number of aromatic nitrogens is 1. The first kappa shape index (κ1) is 18.8. The van der Waals surface area contributed by atoms with E-state index in [1.807, 2.05) is 12.1 Å². The molecule has 138 valence electrons. The molecule has 0 spiro atoms. The van der Waals surface area contributed by atoms with Crippen LogP contribution in [0.25, 0.3) is 0 Å². The van der Waals surface area contributed by atoms with Gasteiger partial charge in [0, 0.05) is 18.8 Å². The van der Waals surface area contributed by atoms with Crippen LogP contribution < -0.4 is 14.8 Å². The quantitative estimate of drug-likeness (QED) is 0.689. The normalized spacial score (nSPS) is 13.3. The number of carbonyl (C=O) groups excluding carboxylic acids is 1. The van der Waals surface area contributed by atoms with Gasteiger partial charge in [0.15, 0.2) is 0 Å². The van der Waals surface area contributed by atoms with Gasteiger partial charge in [-0.25, -0.2) is 4.98 Å². The highest BCUT2D eigenvalue weighted by Crippen LogP contribution is 2.31. The lowest BCUT2D eigenvalue weighted by Gasteiger charge is -2.09. The molecule has 0 bridgehead atoms. The summed E-state index contributed by atoms with van der Waals surface area (Å²) in [6.45, 7) is 1.37. The van der Waals surface area contributed by atoms with E-state index in [4.69, 9.17) is 32.7 Å². The number of nitrogens with zero attached hydrogens (tertiary/aromatic N) is 1. The first-order valence-corrected chi connectivity index (χ1v) is 9.28. The van der Waals surface area contributed by atoms with E-state index in [1.165, 1.54) is 12.8 Å². The Labute approximate surface area is 162 Å². The van der Waals surface area contributed by atoms with Crippen molar-refractivity contribution in [2.75, 3.05) is 13.2 Å². The predicted molar refractivity (Wildman–Crippen MR) is 101 cm³/mol. The van der Waals surface area contributed by atoms with E-state index in [2.05, 4.69) is 10.3 Å². The minimum atomic E-state index is -0.114. The van der Waals surface area contributed by atoms with Crippen LogP contribution in [0, 0.1) is 5.92 Å². The summed E-state index contributed by atoms with van der Waals surface area (Å²) in [7, 11) is 0. The van der Waals surface area contributed by atoms with Gasteiger partial charge in [-0.2, -0.15) is 0 Å². The highest BCUT2D eigenvalue weighted by atomic mass is 35.5. The molecular formula is C19H20Cl2N2O3. The fraction of sp³-hybridized carbons (Fsp3) is 0.368. The second-order valence-corrected chi connectivity index (χ2v) is 6.97. The lowest BCUT2D eigenvalue weighted by atomic mass is 10.3. The first-order valence-electron chi connectivity index (χ1n) is 8.53. The Kier molecular flexibility index (Phi) is 6.58. The fourth-order valence-corrected chi connectivity index (χ4v) is 2.57. The van der Waals surface area contributed by atoms with Crippen LogP contribution in [0.1, 0.15) is 24.8 Å². The van der Waals surface area contributed by atoms with Gasteiger partial charge in [0.05, 0.1) is 24.7 Å². The molecule has 1 aliphatic carbocycles. The molecule has 1 aliphatic rings. The van der Waals surface area contributed by atoms with E-state index in [9.17, 15) is 4.79 Å². The van der Waals surface area contributed by atoms with Crippen LogP contribution in [0.5, 0.6) is 11.6 Å². The van der Waals surface area contributed by atoms with Crippen LogP contribution in [-0.4, -0.2) is 24.1 Å². The summed E-state index contributed by atoms with van der Waals surface area (Å²) in [5.74, 6) is 1.67. The van der Waals surface area contributed by atoms with Crippen molar-refractivity contribution in [3.63, 3.8) is 0 Å². The number of hydrogen-bond donors (Lipinski definition) is 1. The maximum absolute atomic E-state index is 11.9. The molecule has 1 saturated carbocycles. The zero-order valence-electron chi connectivity index (χ0n) is 14.2. The van der Waals surface area contributed by atoms with Crippen molar-refractivity contribution >= 4 is 29.1 Å². The van der Waals surface area contributed by atoms with E-state index in [0.29, 0.717) is 34.1 Å². The molecule has 5 nitrogen and oxygen atoms in total. The lowest BCUT2D eigenvalue weighted by Crippen LogP contribution is -2.24. The molecule has 7 heteroatoms. The van der Waals surface area contributed by atoms with Crippen LogP contribution in [-0.2, 0) is 11.3 Å². The van der Waals surface area contributed by atoms with E-state index in [1.54, 1.807) is 24.4 Å². The molecule has 1 fully saturated rings. The number of amides is 1. The van der Waals surface area contributed by atoms with Gasteiger partial charge in [-0.05, 0) is 36.5 Å². The highest BCUT2D eigenvalue weighted by molar-refractivity contribution is 6.42. The van der Waals surface area contributed by atoms with E-state index >= 15 is 0 Å². The summed E-state index contributed by atoms with van der Waals surface area (Å²) >= 11 is 11.9. The zero-order valence-corrected chi connectivity index (χ0v) is 15.7. The van der Waals surface area contributed by atoms with Crippen molar-refractivity contribution in [2.24, 2.45) is 5.92 Å². The van der Waals surface area contributed by atoms with Gasteiger partial charge >= 0.3 is 0 Å². The van der Waals surface area contributed by atoms with Crippen molar-refractivity contribution in [1.29, 1.82) is 0 Å². The number of ether oxygens (including phenoxy) is 2. The standard InChI is InChI=1S/C19H20Cl2N2O3/c20-15-2-1-3-16(19(15)21)25-9-8-17(24)22-10-14-6-7-18(23-11-14)26-12-13-4-5-13/h1-3,6-7,11,13H,4-5,8-10,12H2,(H,22,24). The number of carbonyl (C=O) groups is 1. The Morgan fingerprint density at radius 3 is 2.77 bits per heavy atom. The molecule has 0 unspecified atom stereocenters. The second-order valence-electron chi connectivity index (χ2n) is 6.19. The minimum Gasteiger partial charge on any atom is -0.491 e. The summed E-state index contributed by atoms with van der Waals surface area (Å²) < 4.78 is 11.1. The maximum atomic E-state index is 11.9. The second kappa shape index (κ2) is 9.10. The Hall–Kier alpha value is -1.98. The van der Waals surface area contributed by atoms with Crippen LogP contribution >= 0.6 is 23.2 Å². The summed E-state index contributed by atoms with van der Waals surface area (Å²) in [4.78, 5) is 16.2. The number of halogens is 2. The topological polar surface area (TPSA) is 60.5 Å². The Balaban J connectivity index is 1.36. The molecule has 3 rings (SSSR count). The van der Waals surface area contributed by atoms with E-state index < -0.39 is 0 Å². The molecule has 0 aliphatic heterocycles. The van der Waals surface area contributed by atoms with Crippen molar-refractivity contribution in [1.82, 2.24) is 10.3 Å². The van der Waals surface area contributed by atoms with Crippen LogP contribution in [0.2, 0.25) is 10.0 Å². The Bertz CT molecular complexity index is 749. The van der Waals surface area contributed by atoms with Gasteiger partial charge in [-0.3, -0.25) is 4.79 Å². The summed E-state index contributed by atoms with van der Waals surface area (Å²) in [6, 6.07) is 8.87. The van der Waals surface area contributed by atoms with Crippen molar-refractivity contribution in [3.05, 3.63) is 52.1 Å². The third-order valence-corrected chi connectivity index (χ3v) is 4.76. The summed E-state index contributed by atoms with van der Waals surface area (Å²) in [5, 5.41) is 3.61. The average Bonchev–Trinajstić information content (AvgIpc) is 3.47. The van der Waals surface area contributed by atoms with Gasteiger partial charge in [-0.1, -0.05) is 35.3 Å². The predicted octanol–water partition coefficient (Wildman–Crippen LogP) is 4.26. The van der Waals surface area contributed by atoms with Crippen LogP contribution in [0.4, 0.5) is 0 Å². The molecular weight excluding hydrogens is 375 g/mol. The van der Waals surface area contributed by atoms with Gasteiger partial charge < -0.3 is 14.8 Å². The summed E-state index contributed by atoms with van der Waals surface area (Å²) in [6.07, 6.45) is 4.43. The Morgan fingerprint density at radius 1 is 1.19 bits per heavy atom. The largest absolute Gasteiger partial charge is 0.491 e. The third-order valence-electron chi connectivity index (χ3n) is 3.95. The summed E-state index contributed by atoms with van der Waals surface area (Å²) in [5.41, 5.74) is 0.913. The first-order chi connectivity index (χ1) is 12.6. The molecule has 26 heavy (non-hydrogen) atoms. The molecule has 1 N–H and O–H groups in total. The number of benzene rings is 1. The third kappa shape index (κ3) is 5.78. The van der Waals surface area contributed by atoms with Crippen LogP contribution in [0.3, 0.4) is 0 Å². The molecule has 1 amide bonds. The van der Waals surface area contributed by atoms with Gasteiger partial charge in [0.2, 0.25) is 11.8 Å². The fourth-order valence-electron chi connectivity index (χ4n) is 2.23. The van der Waals surface area contributed by atoms with Crippen molar-refractivity contribution in [3.8, 4) is 11.6 Å². The number of nitrogens with one attached hydrogen (secondary N) is 1.